The van der Waals surface area contributed by atoms with Crippen LogP contribution < -0.4 is 40.8 Å². The molecule has 23 heteroatoms. The van der Waals surface area contributed by atoms with E-state index in [1.165, 1.54) is 77.2 Å². The molecule has 1 aromatic heterocycles. The number of ether oxygens (including phenoxy) is 1. The van der Waals surface area contributed by atoms with Gasteiger partial charge in [-0.25, -0.2) is 13.4 Å². The molecule has 0 aliphatic carbocycles. The van der Waals surface area contributed by atoms with Crippen LogP contribution in [0.5, 0.6) is 0 Å². The quantitative estimate of drug-likeness (QED) is 0.0896. The Morgan fingerprint density at radius 3 is 1.55 bits per heavy atom. The summed E-state index contributed by atoms with van der Waals surface area (Å²) in [5.41, 5.74) is 4.74. The van der Waals surface area contributed by atoms with E-state index in [4.69, 9.17) is 19.8 Å². The van der Waals surface area contributed by atoms with Crippen LogP contribution in [-0.4, -0.2) is 94.4 Å². The summed E-state index contributed by atoms with van der Waals surface area (Å²) in [5.74, 6) is -0.220. The molecule has 0 amide bonds. The van der Waals surface area contributed by atoms with Crippen LogP contribution in [-0.2, 0) is 36.0 Å². The average molecular weight is 883 g/mol. The zero-order chi connectivity index (χ0) is 44.1. The zero-order valence-corrected chi connectivity index (χ0v) is 39.8. The number of hydrogen-bond acceptors (Lipinski definition) is 14. The van der Waals surface area contributed by atoms with Crippen LogP contribution in [0, 0.1) is 0 Å². The molecular formula is C33H73N6O13P3Si. The molecule has 332 valence electrons. The van der Waals surface area contributed by atoms with Crippen molar-refractivity contribution in [1.82, 2.24) is 9.55 Å². The maximum Gasteiger partial charge on any atom is 0.352 e. The van der Waals surface area contributed by atoms with Crippen molar-refractivity contribution in [2.45, 2.75) is 114 Å². The van der Waals surface area contributed by atoms with Gasteiger partial charge in [0.25, 0.3) is 23.5 Å². The molecule has 6 N–H and O–H groups in total. The summed E-state index contributed by atoms with van der Waals surface area (Å²) < 4.78 is 57.9. The van der Waals surface area contributed by atoms with Crippen molar-refractivity contribution in [3.63, 3.8) is 0 Å². The van der Waals surface area contributed by atoms with E-state index in [0.717, 1.165) is 4.57 Å². The van der Waals surface area contributed by atoms with E-state index in [0.29, 0.717) is 0 Å². The Balaban J connectivity index is 0. The standard InChI is InChI=1S/C15H28N3O13P3Si.3C6H15N/c1-15(2,3)35(4,5)29-11-8-10(28-13(11)18-7-6-12(16)17-14(18)19)9-27-33(23,24)31-34(25,26)30-32(20,21)22;3*1-4-7(5-2)6-3/h6-8,11,13H,9H2,1-5H3,(H,23,24)(H,25,26)(H2,16,17,19)(H2,20,21,22);3*4-6H2,1-3H3/t11-,13-;;;/m1.../s1. The fourth-order valence-corrected chi connectivity index (χ4v) is 8.80. The highest BCUT2D eigenvalue weighted by molar-refractivity contribution is 7.65. The maximum atomic E-state index is 12.4. The first-order chi connectivity index (χ1) is 25.6. The fourth-order valence-electron chi connectivity index (χ4n) is 4.73. The van der Waals surface area contributed by atoms with Crippen molar-refractivity contribution >= 4 is 37.6 Å². The molecule has 0 saturated carbocycles. The van der Waals surface area contributed by atoms with Crippen molar-refractivity contribution in [2.24, 2.45) is 0 Å². The van der Waals surface area contributed by atoms with Gasteiger partial charge < -0.3 is 53.7 Å². The van der Waals surface area contributed by atoms with Crippen LogP contribution in [0.25, 0.3) is 0 Å². The molecular weight excluding hydrogens is 809 g/mol. The summed E-state index contributed by atoms with van der Waals surface area (Å²) in [4.78, 5) is 63.2. The molecule has 0 radical (unpaired) electrons. The van der Waals surface area contributed by atoms with Gasteiger partial charge in [-0.2, -0.15) is 4.98 Å². The highest BCUT2D eigenvalue weighted by Gasteiger charge is 2.43. The van der Waals surface area contributed by atoms with E-state index in [-0.39, 0.29) is 16.6 Å². The SMILES string of the molecule is CC(C)(C)[Si](C)(C)O[C@@H]1C=C(COP(=O)([O-])OP(=O)([O-])OP(=O)([O-])O)O[C@H]1n1ccc(N)nc1=O.CC[NH+](CC)CC.CC[NH+](CC)CC.CC[NH+](CC)CC. The molecule has 2 heterocycles. The lowest BCUT2D eigenvalue weighted by Gasteiger charge is -2.39. The summed E-state index contributed by atoms with van der Waals surface area (Å²) in [6.45, 7) is 40.3. The minimum Gasteiger partial charge on any atom is -0.756 e. The molecule has 3 unspecified atom stereocenters. The second kappa shape index (κ2) is 26.7. The van der Waals surface area contributed by atoms with Gasteiger partial charge in [0.05, 0.1) is 58.9 Å². The molecule has 0 saturated heterocycles. The van der Waals surface area contributed by atoms with Crippen LogP contribution >= 0.6 is 23.5 Å². The van der Waals surface area contributed by atoms with Crippen molar-refractivity contribution in [3.05, 3.63) is 34.6 Å². The number of quaternary nitrogens is 3. The van der Waals surface area contributed by atoms with Crippen molar-refractivity contribution in [1.29, 1.82) is 0 Å². The number of nitrogens with zero attached hydrogens (tertiary/aromatic N) is 2. The predicted molar refractivity (Wildman–Crippen MR) is 214 cm³/mol. The maximum absolute atomic E-state index is 12.4. The van der Waals surface area contributed by atoms with Crippen LogP contribution in [0.2, 0.25) is 18.1 Å². The number of rotatable bonds is 19. The van der Waals surface area contributed by atoms with E-state index in [1.807, 2.05) is 33.9 Å². The molecule has 0 fully saturated rings. The van der Waals surface area contributed by atoms with Crippen LogP contribution in [0.15, 0.2) is 28.9 Å². The summed E-state index contributed by atoms with van der Waals surface area (Å²) >= 11 is 0. The highest BCUT2D eigenvalue weighted by Crippen LogP contribution is 2.61. The third kappa shape index (κ3) is 23.3. The number of anilines is 1. The van der Waals surface area contributed by atoms with E-state index in [2.05, 4.69) is 80.4 Å². The summed E-state index contributed by atoms with van der Waals surface area (Å²) in [6.07, 6.45) is 0.600. The molecule has 0 bridgehead atoms. The lowest BCUT2D eigenvalue weighted by Crippen LogP contribution is -3.11. The Kier molecular flexibility index (Phi) is 27.1. The van der Waals surface area contributed by atoms with Crippen LogP contribution in [0.1, 0.15) is 89.3 Å². The van der Waals surface area contributed by atoms with Gasteiger partial charge in [-0.15, -0.1) is 0 Å². The lowest BCUT2D eigenvalue weighted by molar-refractivity contribution is -0.894. The van der Waals surface area contributed by atoms with Crippen LogP contribution in [0.4, 0.5) is 5.82 Å². The van der Waals surface area contributed by atoms with Gasteiger partial charge in [0.15, 0.2) is 8.32 Å². The second-order valence-corrected chi connectivity index (χ2v) is 23.3. The van der Waals surface area contributed by atoms with Crippen molar-refractivity contribution < 1.29 is 70.3 Å². The third-order valence-corrected chi connectivity index (χ3v) is 17.7. The second-order valence-electron chi connectivity index (χ2n) is 14.3. The summed E-state index contributed by atoms with van der Waals surface area (Å²) in [7, 11) is -20.1. The number of aromatic nitrogens is 2. The summed E-state index contributed by atoms with van der Waals surface area (Å²) in [6, 6.07) is 1.34. The monoisotopic (exact) mass is 882 g/mol. The Morgan fingerprint density at radius 1 is 0.821 bits per heavy atom. The summed E-state index contributed by atoms with van der Waals surface area (Å²) in [5, 5.41) is -0.253. The van der Waals surface area contributed by atoms with E-state index < -0.39 is 56.4 Å². The van der Waals surface area contributed by atoms with E-state index in [9.17, 15) is 33.2 Å². The van der Waals surface area contributed by atoms with E-state index in [1.54, 1.807) is 14.7 Å². The number of phosphoric acid groups is 3. The molecule has 56 heavy (non-hydrogen) atoms. The first-order valence-corrected chi connectivity index (χ1v) is 26.6. The van der Waals surface area contributed by atoms with Gasteiger partial charge in [-0.1, -0.05) is 20.8 Å². The Bertz CT molecular complexity index is 1440. The normalized spacial score (nSPS) is 18.9. The average Bonchev–Trinajstić information content (AvgIpc) is 3.46. The van der Waals surface area contributed by atoms with Crippen molar-refractivity contribution in [3.8, 4) is 0 Å². The number of nitrogen functional groups attached to an aromatic ring is 1. The molecule has 5 atom stereocenters. The first-order valence-electron chi connectivity index (χ1n) is 19.3. The molecule has 0 aromatic carbocycles. The zero-order valence-electron chi connectivity index (χ0n) is 36.1. The number of nitrogens with one attached hydrogen (secondary N) is 3. The minimum absolute atomic E-state index is 0.0400. The molecule has 0 spiro atoms. The Hall–Kier alpha value is -1.31. The van der Waals surface area contributed by atoms with Gasteiger partial charge >= 0.3 is 5.69 Å². The van der Waals surface area contributed by atoms with Gasteiger partial charge in [-0.05, 0) is 92.6 Å². The predicted octanol–water partition coefficient (Wildman–Crippen LogP) is -0.131. The lowest BCUT2D eigenvalue weighted by atomic mass is 10.2. The number of nitrogens with two attached hydrogens (primary N) is 1. The molecule has 2 rings (SSSR count). The minimum atomic E-state index is -6.05. The fraction of sp³-hybridized carbons (Fsp3) is 0.818. The number of hydrogen-bond donors (Lipinski definition) is 5. The van der Waals surface area contributed by atoms with Gasteiger partial charge in [0.1, 0.15) is 24.3 Å². The topological polar surface area (TPSA) is 261 Å². The molecule has 1 aliphatic heterocycles. The largest absolute Gasteiger partial charge is 0.756 e. The number of phosphoric ester groups is 1. The Morgan fingerprint density at radius 2 is 1.23 bits per heavy atom. The smallest absolute Gasteiger partial charge is 0.352 e. The molecule has 1 aromatic rings. The van der Waals surface area contributed by atoms with Gasteiger partial charge in [-0.3, -0.25) is 18.3 Å². The molecule has 19 nitrogen and oxygen atoms in total. The first kappa shape index (κ1) is 56.8. The van der Waals surface area contributed by atoms with Crippen molar-refractivity contribution in [2.75, 3.05) is 71.2 Å². The van der Waals surface area contributed by atoms with E-state index >= 15 is 0 Å². The third-order valence-electron chi connectivity index (χ3n) is 9.53. The molecule has 1 aliphatic rings. The van der Waals surface area contributed by atoms with Gasteiger partial charge in [0.2, 0.25) is 6.23 Å². The Labute approximate surface area is 336 Å². The van der Waals surface area contributed by atoms with Gasteiger partial charge in [0, 0.05) is 6.20 Å². The highest BCUT2D eigenvalue weighted by atomic mass is 31.3. The van der Waals surface area contributed by atoms with Crippen LogP contribution in [0.3, 0.4) is 0 Å².